The van der Waals surface area contributed by atoms with Crippen molar-refractivity contribution in [3.63, 3.8) is 0 Å². The molecule has 0 saturated carbocycles. The van der Waals surface area contributed by atoms with E-state index < -0.39 is 31.5 Å². The van der Waals surface area contributed by atoms with Gasteiger partial charge >= 0.3 is 11.9 Å². The molecule has 252 valence electrons. The lowest BCUT2D eigenvalue weighted by Crippen LogP contribution is -3.00. The summed E-state index contributed by atoms with van der Waals surface area (Å²) < 4.78 is 22.3. The molecule has 9 heteroatoms. The molecule has 0 aliphatic rings. The first-order chi connectivity index (χ1) is 22.8. The minimum Gasteiger partial charge on any atom is -1.00 e. The lowest BCUT2D eigenvalue weighted by molar-refractivity contribution is -0.144. The Balaban J connectivity index is 0.00000625. The number of methoxy groups -OCH3 is 1. The average Bonchev–Trinajstić information content (AvgIpc) is 3.10. The van der Waals surface area contributed by atoms with Crippen molar-refractivity contribution in [1.29, 1.82) is 0 Å². The molecule has 4 aromatic rings. The van der Waals surface area contributed by atoms with Crippen LogP contribution in [0.15, 0.2) is 127 Å². The molecule has 0 aliphatic carbocycles. The first-order valence-electron chi connectivity index (χ1n) is 15.7. The zero-order chi connectivity index (χ0) is 33.5. The number of benzene rings is 4. The maximum Gasteiger partial charge on any atom is 0.345 e. The lowest BCUT2D eigenvalue weighted by Gasteiger charge is -2.27. The molecule has 0 bridgehead atoms. The van der Waals surface area contributed by atoms with Crippen LogP contribution < -0.4 is 42.4 Å². The Morgan fingerprint density at radius 3 is 1.67 bits per heavy atom. The Labute approximate surface area is 294 Å². The van der Waals surface area contributed by atoms with Gasteiger partial charge in [-0.25, -0.2) is 9.59 Å². The van der Waals surface area contributed by atoms with Gasteiger partial charge in [0.2, 0.25) is 0 Å². The van der Waals surface area contributed by atoms with Gasteiger partial charge < -0.3 is 35.9 Å². The first kappa shape index (κ1) is 38.2. The predicted octanol–water partition coefficient (Wildman–Crippen LogP) is 3.23. The van der Waals surface area contributed by atoms with E-state index in [-0.39, 0.29) is 29.1 Å². The molecule has 4 rings (SSSR count). The van der Waals surface area contributed by atoms with Gasteiger partial charge in [-0.3, -0.25) is 4.79 Å². The van der Waals surface area contributed by atoms with Gasteiger partial charge in [-0.15, -0.1) is 0 Å². The van der Waals surface area contributed by atoms with Gasteiger partial charge in [-0.1, -0.05) is 60.7 Å². The SMILES string of the molecule is COc1ccc(O[C@@H](C=O)CC[C@H](C)OC(=O)/C=C/C[C@@H](C)OC(=O)C[P+](c2ccccc2)(c2ccccc2)c2ccccc2)cc1.[Br-]. The summed E-state index contributed by atoms with van der Waals surface area (Å²) in [4.78, 5) is 37.6. The maximum absolute atomic E-state index is 13.6. The molecule has 0 amide bonds. The molecule has 0 spiro atoms. The molecule has 0 heterocycles. The van der Waals surface area contributed by atoms with Crippen molar-refractivity contribution in [1.82, 2.24) is 0 Å². The van der Waals surface area contributed by atoms with Crippen molar-refractivity contribution in [2.45, 2.75) is 51.4 Å². The van der Waals surface area contributed by atoms with E-state index in [0.29, 0.717) is 30.8 Å². The zero-order valence-electron chi connectivity index (χ0n) is 27.4. The highest BCUT2D eigenvalue weighted by molar-refractivity contribution is 7.96. The number of halogens is 1. The Bertz CT molecular complexity index is 1480. The Morgan fingerprint density at radius 2 is 1.19 bits per heavy atom. The topological polar surface area (TPSA) is 88.1 Å². The van der Waals surface area contributed by atoms with Crippen LogP contribution in [0.2, 0.25) is 0 Å². The molecule has 0 unspecified atom stereocenters. The van der Waals surface area contributed by atoms with Gasteiger partial charge in [-0.2, -0.15) is 0 Å². The van der Waals surface area contributed by atoms with E-state index in [9.17, 15) is 14.4 Å². The first-order valence-corrected chi connectivity index (χ1v) is 17.7. The van der Waals surface area contributed by atoms with Gasteiger partial charge in [0.25, 0.3) is 0 Å². The number of hydrogen-bond donors (Lipinski definition) is 0. The van der Waals surface area contributed by atoms with Crippen molar-refractivity contribution in [2.24, 2.45) is 0 Å². The number of hydrogen-bond acceptors (Lipinski definition) is 7. The van der Waals surface area contributed by atoms with Crippen LogP contribution in [0, 0.1) is 0 Å². The van der Waals surface area contributed by atoms with Crippen LogP contribution in [0.1, 0.15) is 33.1 Å². The van der Waals surface area contributed by atoms with Crippen molar-refractivity contribution in [2.75, 3.05) is 13.3 Å². The number of esters is 2. The number of aldehydes is 1. The summed E-state index contributed by atoms with van der Waals surface area (Å²) >= 11 is 0. The molecule has 48 heavy (non-hydrogen) atoms. The quantitative estimate of drug-likeness (QED) is 0.0714. The van der Waals surface area contributed by atoms with Gasteiger partial charge in [0.15, 0.2) is 18.6 Å². The van der Waals surface area contributed by atoms with Crippen molar-refractivity contribution >= 4 is 41.4 Å². The second-order valence-corrected chi connectivity index (χ2v) is 14.7. The van der Waals surface area contributed by atoms with E-state index in [2.05, 4.69) is 36.4 Å². The second kappa shape index (κ2) is 19.5. The predicted molar refractivity (Wildman–Crippen MR) is 188 cm³/mol. The number of rotatable bonds is 17. The summed E-state index contributed by atoms with van der Waals surface area (Å²) in [7, 11) is -0.787. The molecule has 0 aromatic heterocycles. The minimum absolute atomic E-state index is 0. The van der Waals surface area contributed by atoms with E-state index in [4.69, 9.17) is 18.9 Å². The fourth-order valence-electron chi connectivity index (χ4n) is 5.31. The Hall–Kier alpha value is -4.26. The van der Waals surface area contributed by atoms with Gasteiger partial charge in [0, 0.05) is 12.5 Å². The molecule has 3 atom stereocenters. The van der Waals surface area contributed by atoms with Gasteiger partial charge in [0.05, 0.1) is 13.2 Å². The number of ether oxygens (including phenoxy) is 4. The van der Waals surface area contributed by atoms with Gasteiger partial charge in [-0.05, 0) is 87.4 Å². The zero-order valence-corrected chi connectivity index (χ0v) is 29.9. The molecule has 0 saturated heterocycles. The second-order valence-electron chi connectivity index (χ2n) is 11.2. The monoisotopic (exact) mass is 732 g/mol. The highest BCUT2D eigenvalue weighted by Crippen LogP contribution is 2.55. The number of carbonyl (C=O) groups is 3. The molecule has 0 radical (unpaired) electrons. The highest BCUT2D eigenvalue weighted by Gasteiger charge is 2.48. The number of carbonyl (C=O) groups excluding carboxylic acids is 3. The molecule has 0 aliphatic heterocycles. The minimum atomic E-state index is -2.37. The molecule has 0 fully saturated rings. The largest absolute Gasteiger partial charge is 1.00 e. The summed E-state index contributed by atoms with van der Waals surface area (Å²) in [5.74, 6) is 0.447. The van der Waals surface area contributed by atoms with Crippen LogP contribution in [0.4, 0.5) is 0 Å². The molecule has 0 N–H and O–H groups in total. The van der Waals surface area contributed by atoms with Crippen LogP contribution >= 0.6 is 7.26 Å². The van der Waals surface area contributed by atoms with E-state index >= 15 is 0 Å². The van der Waals surface area contributed by atoms with E-state index in [0.717, 1.165) is 22.2 Å². The Morgan fingerprint density at radius 1 is 0.688 bits per heavy atom. The van der Waals surface area contributed by atoms with E-state index in [1.165, 1.54) is 6.08 Å². The third-order valence-electron chi connectivity index (χ3n) is 7.69. The summed E-state index contributed by atoms with van der Waals surface area (Å²) in [6, 6.07) is 37.5. The van der Waals surface area contributed by atoms with Crippen LogP contribution in [-0.2, 0) is 23.9 Å². The fourth-order valence-corrected chi connectivity index (χ4v) is 9.25. The van der Waals surface area contributed by atoms with Crippen LogP contribution in [0.25, 0.3) is 0 Å². The standard InChI is InChI=1S/C39H42O7P.BrH/c1-30(14-13-21-38(41)44-31(2)22-23-34(28-40)46-33-26-24-32(43-3)25-27-33)45-39(42)29-47(35-15-7-4-8-16-35,36-17-9-5-10-18-36)37-19-11-6-12-20-37;/h4-13,15-21,24-28,30-31,34H,14,22-23,29H2,1-3H3;1H/q+1;/p-1/b21-13+;/t30-,31+,34-;/m1./s1. The lowest BCUT2D eigenvalue weighted by atomic mass is 10.1. The van der Waals surface area contributed by atoms with E-state index in [1.54, 1.807) is 44.4 Å². The highest BCUT2D eigenvalue weighted by atomic mass is 79.9. The maximum atomic E-state index is 13.6. The van der Waals surface area contributed by atoms with Crippen molar-refractivity contribution in [3.8, 4) is 11.5 Å². The molecule has 7 nitrogen and oxygen atoms in total. The third kappa shape index (κ3) is 10.9. The Kier molecular flexibility index (Phi) is 15.5. The van der Waals surface area contributed by atoms with Crippen LogP contribution in [-0.4, -0.2) is 49.8 Å². The fraction of sp³-hybridized carbons (Fsp3) is 0.256. The van der Waals surface area contributed by atoms with Crippen LogP contribution in [0.3, 0.4) is 0 Å². The normalized spacial score (nSPS) is 13.0. The smallest absolute Gasteiger partial charge is 0.345 e. The summed E-state index contributed by atoms with van der Waals surface area (Å²) in [6.45, 7) is 3.58. The molecule has 4 aromatic carbocycles. The van der Waals surface area contributed by atoms with Crippen LogP contribution in [0.5, 0.6) is 11.5 Å². The summed E-state index contributed by atoms with van der Waals surface area (Å²) in [5.41, 5.74) is 0. The van der Waals surface area contributed by atoms with Crippen molar-refractivity contribution < 1.29 is 50.3 Å². The van der Waals surface area contributed by atoms with E-state index in [1.807, 2.05) is 61.5 Å². The molecular weight excluding hydrogens is 691 g/mol. The molecular formula is C39H42BrO7P. The van der Waals surface area contributed by atoms with Gasteiger partial charge in [0.1, 0.15) is 40.8 Å². The van der Waals surface area contributed by atoms with Crippen molar-refractivity contribution in [3.05, 3.63) is 127 Å². The summed E-state index contributed by atoms with van der Waals surface area (Å²) in [5, 5.41) is 3.31. The summed E-state index contributed by atoms with van der Waals surface area (Å²) in [6.07, 6.45) is 3.61. The average molecular weight is 734 g/mol. The third-order valence-corrected chi connectivity index (χ3v) is 12.0.